The maximum Gasteiger partial charge on any atom is 0.139 e. The molecule has 20 heavy (non-hydrogen) atoms. The lowest BCUT2D eigenvalue weighted by molar-refractivity contribution is -0.107. The first-order valence-electron chi connectivity index (χ1n) is 6.83. The first-order valence-corrected chi connectivity index (χ1v) is 7.20. The van der Waals surface area contributed by atoms with Gasteiger partial charge in [0, 0.05) is 44.4 Å². The van der Waals surface area contributed by atoms with Crippen LogP contribution in [-0.4, -0.2) is 51.5 Å². The molecule has 0 saturated carbocycles. The van der Waals surface area contributed by atoms with Gasteiger partial charge >= 0.3 is 0 Å². The molecule has 112 valence electrons. The van der Waals surface area contributed by atoms with Gasteiger partial charge in [-0.05, 0) is 19.2 Å². The van der Waals surface area contributed by atoms with E-state index in [9.17, 15) is 4.79 Å². The van der Waals surface area contributed by atoms with Gasteiger partial charge in [0.15, 0.2) is 0 Å². The van der Waals surface area contributed by atoms with E-state index in [0.29, 0.717) is 11.4 Å². The van der Waals surface area contributed by atoms with Gasteiger partial charge < -0.3 is 19.3 Å². The summed E-state index contributed by atoms with van der Waals surface area (Å²) in [5, 5.41) is 0.667. The maximum absolute atomic E-state index is 9.17. The topological polar surface area (TPSA) is 32.8 Å². The Morgan fingerprint density at radius 3 is 2.40 bits per heavy atom. The molecular weight excluding hydrogens is 276 g/mol. The quantitative estimate of drug-likeness (QED) is 0.803. The molecule has 4 nitrogen and oxygen atoms in total. The fraction of sp³-hybridized carbons (Fsp3) is 0.533. The van der Waals surface area contributed by atoms with E-state index < -0.39 is 0 Å². The summed E-state index contributed by atoms with van der Waals surface area (Å²) in [4.78, 5) is 13.9. The molecule has 5 heteroatoms. The van der Waals surface area contributed by atoms with Gasteiger partial charge in [-0.3, -0.25) is 0 Å². The number of hydrogen-bond donors (Lipinski definition) is 0. The van der Waals surface area contributed by atoms with Crippen molar-refractivity contribution in [1.82, 2.24) is 4.90 Å². The number of ether oxygens (including phenoxy) is 1. The van der Waals surface area contributed by atoms with Crippen LogP contribution >= 0.6 is 11.6 Å². The molecule has 0 aromatic heterocycles. The van der Waals surface area contributed by atoms with Crippen LogP contribution in [0.25, 0.3) is 0 Å². The first-order chi connectivity index (χ1) is 9.62. The number of carbonyl (C=O) groups excluding carboxylic acids is 1. The Morgan fingerprint density at radius 1 is 1.30 bits per heavy atom. The van der Waals surface area contributed by atoms with Crippen LogP contribution in [0.1, 0.15) is 13.3 Å². The largest absolute Gasteiger partial charge is 0.495 e. The van der Waals surface area contributed by atoms with Gasteiger partial charge in [0.25, 0.3) is 0 Å². The van der Waals surface area contributed by atoms with Crippen LogP contribution in [0.2, 0.25) is 5.02 Å². The molecule has 0 bridgehead atoms. The molecule has 1 aliphatic heterocycles. The van der Waals surface area contributed by atoms with Gasteiger partial charge in [0.2, 0.25) is 0 Å². The lowest BCUT2D eigenvalue weighted by Gasteiger charge is -2.34. The van der Waals surface area contributed by atoms with E-state index in [1.165, 1.54) is 5.69 Å². The van der Waals surface area contributed by atoms with E-state index >= 15 is 0 Å². The average Bonchev–Trinajstić information content (AvgIpc) is 2.49. The van der Waals surface area contributed by atoms with Crippen LogP contribution in [0.4, 0.5) is 5.69 Å². The monoisotopic (exact) mass is 298 g/mol. The van der Waals surface area contributed by atoms with Crippen LogP contribution in [0.5, 0.6) is 5.75 Å². The zero-order valence-corrected chi connectivity index (χ0v) is 13.2. The molecule has 0 amide bonds. The third-order valence-electron chi connectivity index (χ3n) is 3.17. The Hall–Kier alpha value is -1.26. The molecule has 1 aromatic rings. The molecule has 1 aromatic carbocycles. The number of carbonyl (C=O) groups is 1. The summed E-state index contributed by atoms with van der Waals surface area (Å²) in [6.45, 7) is 6.13. The SMILES string of the molecule is CCC=O.COc1cc(N2CCN(C)CC2)ccc1Cl. The minimum absolute atomic E-state index is 0.639. The Labute approximate surface area is 126 Å². The normalized spacial score (nSPS) is 15.3. The van der Waals surface area contributed by atoms with E-state index in [2.05, 4.69) is 22.9 Å². The van der Waals surface area contributed by atoms with Crippen LogP contribution in [0.15, 0.2) is 18.2 Å². The minimum Gasteiger partial charge on any atom is -0.495 e. The molecule has 1 heterocycles. The van der Waals surface area contributed by atoms with E-state index in [1.807, 2.05) is 19.1 Å². The number of anilines is 1. The lowest BCUT2D eigenvalue weighted by Crippen LogP contribution is -2.44. The minimum atomic E-state index is 0.639. The number of rotatable bonds is 3. The summed E-state index contributed by atoms with van der Waals surface area (Å²) in [6, 6.07) is 5.96. The smallest absolute Gasteiger partial charge is 0.139 e. The number of piperazine rings is 1. The first kappa shape index (κ1) is 16.8. The molecule has 1 saturated heterocycles. The molecule has 0 atom stereocenters. The van der Waals surface area contributed by atoms with Crippen LogP contribution in [0, 0.1) is 0 Å². The summed E-state index contributed by atoms with van der Waals surface area (Å²) < 4.78 is 5.23. The predicted molar refractivity (Wildman–Crippen MR) is 84.1 cm³/mol. The zero-order valence-electron chi connectivity index (χ0n) is 12.4. The number of methoxy groups -OCH3 is 1. The Balaban J connectivity index is 0.000000444. The fourth-order valence-corrected chi connectivity index (χ4v) is 2.10. The van der Waals surface area contributed by atoms with E-state index in [1.54, 1.807) is 7.11 Å². The number of aldehydes is 1. The van der Waals surface area contributed by atoms with Crippen molar-refractivity contribution < 1.29 is 9.53 Å². The number of likely N-dealkylation sites (N-methyl/N-ethyl adjacent to an activating group) is 1. The van der Waals surface area contributed by atoms with E-state index in [4.69, 9.17) is 16.3 Å². The molecule has 0 radical (unpaired) electrons. The van der Waals surface area contributed by atoms with Crippen LogP contribution in [0.3, 0.4) is 0 Å². The van der Waals surface area contributed by atoms with Crippen molar-refractivity contribution in [3.63, 3.8) is 0 Å². The van der Waals surface area contributed by atoms with Gasteiger partial charge in [-0.2, -0.15) is 0 Å². The van der Waals surface area contributed by atoms with Crippen molar-refractivity contribution in [3.05, 3.63) is 23.2 Å². The summed E-state index contributed by atoms with van der Waals surface area (Å²) in [5.41, 5.74) is 1.19. The van der Waals surface area contributed by atoms with Gasteiger partial charge in [-0.25, -0.2) is 0 Å². The van der Waals surface area contributed by atoms with E-state index in [-0.39, 0.29) is 0 Å². The number of hydrogen-bond acceptors (Lipinski definition) is 4. The number of benzene rings is 1. The Bertz CT molecular complexity index is 418. The molecule has 0 aliphatic carbocycles. The summed E-state index contributed by atoms with van der Waals surface area (Å²) in [6.07, 6.45) is 1.51. The summed E-state index contributed by atoms with van der Waals surface area (Å²) >= 11 is 6.01. The van der Waals surface area contributed by atoms with Crippen molar-refractivity contribution >= 4 is 23.6 Å². The van der Waals surface area contributed by atoms with E-state index in [0.717, 1.165) is 38.2 Å². The molecule has 1 aliphatic rings. The molecular formula is C15H23ClN2O2. The highest BCUT2D eigenvalue weighted by Crippen LogP contribution is 2.29. The molecule has 2 rings (SSSR count). The number of nitrogens with zero attached hydrogens (tertiary/aromatic N) is 2. The summed E-state index contributed by atoms with van der Waals surface area (Å²) in [7, 11) is 3.80. The lowest BCUT2D eigenvalue weighted by atomic mass is 10.2. The predicted octanol–water partition coefficient (Wildman–Crippen LogP) is 2.70. The van der Waals surface area contributed by atoms with Gasteiger partial charge in [-0.15, -0.1) is 0 Å². The van der Waals surface area contributed by atoms with Gasteiger partial charge in [-0.1, -0.05) is 18.5 Å². The highest BCUT2D eigenvalue weighted by molar-refractivity contribution is 6.32. The highest BCUT2D eigenvalue weighted by atomic mass is 35.5. The number of halogens is 1. The average molecular weight is 299 g/mol. The van der Waals surface area contributed by atoms with Crippen molar-refractivity contribution in [1.29, 1.82) is 0 Å². The maximum atomic E-state index is 9.17. The molecule has 1 fully saturated rings. The molecule has 0 unspecified atom stereocenters. The molecule has 0 N–H and O–H groups in total. The summed E-state index contributed by atoms with van der Waals surface area (Å²) in [5.74, 6) is 0.748. The van der Waals surface area contributed by atoms with Gasteiger partial charge in [0.1, 0.15) is 12.0 Å². The van der Waals surface area contributed by atoms with Gasteiger partial charge in [0.05, 0.1) is 12.1 Å². The van der Waals surface area contributed by atoms with Crippen molar-refractivity contribution in [2.24, 2.45) is 0 Å². The van der Waals surface area contributed by atoms with Crippen LogP contribution < -0.4 is 9.64 Å². The van der Waals surface area contributed by atoms with Crippen LogP contribution in [-0.2, 0) is 4.79 Å². The highest BCUT2D eigenvalue weighted by Gasteiger charge is 2.15. The Morgan fingerprint density at radius 2 is 1.90 bits per heavy atom. The van der Waals surface area contributed by atoms with Crippen molar-refractivity contribution in [3.8, 4) is 5.75 Å². The second-order valence-electron chi connectivity index (χ2n) is 4.68. The second kappa shape index (κ2) is 8.82. The Kier molecular flexibility index (Phi) is 7.41. The second-order valence-corrected chi connectivity index (χ2v) is 5.09. The fourth-order valence-electron chi connectivity index (χ4n) is 1.91. The third kappa shape index (κ3) is 5.02. The standard InChI is InChI=1S/C12H17ClN2O.C3H6O/c1-14-5-7-15(8-6-14)10-3-4-11(13)12(9-10)16-2;1-2-3-4/h3-4,9H,5-8H2,1-2H3;3H,2H2,1H3. The zero-order chi connectivity index (χ0) is 15.0. The van der Waals surface area contributed by atoms with Crippen molar-refractivity contribution in [2.75, 3.05) is 45.2 Å². The van der Waals surface area contributed by atoms with Crippen molar-refractivity contribution in [2.45, 2.75) is 13.3 Å². The third-order valence-corrected chi connectivity index (χ3v) is 3.48. The molecule has 0 spiro atoms.